The van der Waals surface area contributed by atoms with Gasteiger partial charge in [0, 0.05) is 10.7 Å². The Morgan fingerprint density at radius 2 is 2.04 bits per heavy atom. The fraction of sp³-hybridized carbons (Fsp3) is 0.118. The van der Waals surface area contributed by atoms with Crippen LogP contribution in [-0.4, -0.2) is 29.0 Å². The maximum atomic E-state index is 13.7. The summed E-state index contributed by atoms with van der Waals surface area (Å²) in [4.78, 5) is 12.0. The summed E-state index contributed by atoms with van der Waals surface area (Å²) in [6.45, 7) is 0. The fourth-order valence-corrected chi connectivity index (χ4v) is 3.75. The monoisotopic (exact) mass is 424 g/mol. The highest BCUT2D eigenvalue weighted by Gasteiger charge is 2.11. The number of hydrogen-bond donors (Lipinski definition) is 2. The molecule has 2 aromatic carbocycles. The van der Waals surface area contributed by atoms with E-state index in [0.717, 1.165) is 17.5 Å². The standard InChI is InChI=1S/C17H14ClFN4O2S2/c1-25-12-5-3-11(4-6-12)20-16-22-23-17(27-16)26-9-15(24)21-14-7-2-10(18)8-13(14)19/h2-8H,9H2,1H3,(H,20,22)(H,21,24). The zero-order valence-electron chi connectivity index (χ0n) is 14.0. The molecule has 3 aromatic rings. The van der Waals surface area contributed by atoms with E-state index in [0.29, 0.717) is 9.47 Å². The second-order valence-corrected chi connectivity index (χ2v) is 7.82. The molecule has 140 valence electrons. The van der Waals surface area contributed by atoms with Crippen molar-refractivity contribution in [1.82, 2.24) is 10.2 Å². The third kappa shape index (κ3) is 5.56. The van der Waals surface area contributed by atoms with Gasteiger partial charge in [-0.1, -0.05) is 34.7 Å². The second kappa shape index (κ2) is 9.03. The number of halogens is 2. The summed E-state index contributed by atoms with van der Waals surface area (Å²) >= 11 is 8.22. The number of benzene rings is 2. The normalized spacial score (nSPS) is 10.5. The number of carbonyl (C=O) groups excluding carboxylic acids is 1. The van der Waals surface area contributed by atoms with Crippen molar-refractivity contribution in [2.24, 2.45) is 0 Å². The Morgan fingerprint density at radius 3 is 2.74 bits per heavy atom. The Kier molecular flexibility index (Phi) is 6.49. The number of anilines is 3. The van der Waals surface area contributed by atoms with Crippen LogP contribution in [0.15, 0.2) is 46.8 Å². The summed E-state index contributed by atoms with van der Waals surface area (Å²) < 4.78 is 19.4. The van der Waals surface area contributed by atoms with Crippen molar-refractivity contribution in [3.05, 3.63) is 53.3 Å². The van der Waals surface area contributed by atoms with Crippen LogP contribution in [0.25, 0.3) is 0 Å². The van der Waals surface area contributed by atoms with Crippen molar-refractivity contribution < 1.29 is 13.9 Å². The van der Waals surface area contributed by atoms with Crippen LogP contribution in [0.4, 0.5) is 20.9 Å². The predicted octanol–water partition coefficient (Wildman–Crippen LogP) is 4.81. The van der Waals surface area contributed by atoms with Crippen molar-refractivity contribution in [3.8, 4) is 5.75 Å². The molecule has 0 saturated carbocycles. The Labute approximate surface area is 168 Å². The second-order valence-electron chi connectivity index (χ2n) is 5.19. The molecule has 0 atom stereocenters. The highest BCUT2D eigenvalue weighted by atomic mass is 35.5. The third-order valence-electron chi connectivity index (χ3n) is 3.28. The zero-order chi connectivity index (χ0) is 19.2. The van der Waals surface area contributed by atoms with Gasteiger partial charge in [0.25, 0.3) is 0 Å². The number of carbonyl (C=O) groups is 1. The van der Waals surface area contributed by atoms with Crippen LogP contribution in [0.3, 0.4) is 0 Å². The molecule has 2 N–H and O–H groups in total. The minimum Gasteiger partial charge on any atom is -0.497 e. The zero-order valence-corrected chi connectivity index (χ0v) is 16.4. The molecule has 3 rings (SSSR count). The third-order valence-corrected chi connectivity index (χ3v) is 5.49. The molecule has 0 unspecified atom stereocenters. The molecule has 0 spiro atoms. The quantitative estimate of drug-likeness (QED) is 0.530. The largest absolute Gasteiger partial charge is 0.497 e. The van der Waals surface area contributed by atoms with Gasteiger partial charge in [0.2, 0.25) is 11.0 Å². The first-order valence-electron chi connectivity index (χ1n) is 7.66. The van der Waals surface area contributed by atoms with Gasteiger partial charge < -0.3 is 15.4 Å². The lowest BCUT2D eigenvalue weighted by Crippen LogP contribution is -2.14. The average molecular weight is 425 g/mol. The van der Waals surface area contributed by atoms with Crippen molar-refractivity contribution in [2.75, 3.05) is 23.5 Å². The molecule has 0 fully saturated rings. The number of thioether (sulfide) groups is 1. The van der Waals surface area contributed by atoms with E-state index in [2.05, 4.69) is 20.8 Å². The Bertz CT molecular complexity index is 937. The van der Waals surface area contributed by atoms with E-state index in [-0.39, 0.29) is 22.4 Å². The number of nitrogens with zero attached hydrogens (tertiary/aromatic N) is 2. The van der Waals surface area contributed by atoms with Gasteiger partial charge >= 0.3 is 0 Å². The van der Waals surface area contributed by atoms with Crippen LogP contribution < -0.4 is 15.4 Å². The highest BCUT2D eigenvalue weighted by Crippen LogP contribution is 2.28. The smallest absolute Gasteiger partial charge is 0.234 e. The van der Waals surface area contributed by atoms with Crippen LogP contribution >= 0.6 is 34.7 Å². The van der Waals surface area contributed by atoms with Crippen molar-refractivity contribution in [3.63, 3.8) is 0 Å². The van der Waals surface area contributed by atoms with Crippen LogP contribution in [0, 0.1) is 5.82 Å². The molecule has 0 aliphatic rings. The van der Waals surface area contributed by atoms with Gasteiger partial charge in [-0.15, -0.1) is 10.2 Å². The number of hydrogen-bond acceptors (Lipinski definition) is 7. The maximum absolute atomic E-state index is 13.7. The molecule has 1 amide bonds. The van der Waals surface area contributed by atoms with Gasteiger partial charge in [-0.25, -0.2) is 4.39 Å². The van der Waals surface area contributed by atoms with Gasteiger partial charge in [-0.2, -0.15) is 0 Å². The van der Waals surface area contributed by atoms with Gasteiger partial charge in [0.15, 0.2) is 4.34 Å². The summed E-state index contributed by atoms with van der Waals surface area (Å²) in [6, 6.07) is 11.5. The van der Waals surface area contributed by atoms with E-state index in [1.54, 1.807) is 7.11 Å². The Balaban J connectivity index is 1.52. The summed E-state index contributed by atoms with van der Waals surface area (Å²) in [5.41, 5.74) is 0.934. The molecule has 6 nitrogen and oxygen atoms in total. The van der Waals surface area contributed by atoms with Crippen LogP contribution in [0.5, 0.6) is 5.75 Å². The molecule has 27 heavy (non-hydrogen) atoms. The molecule has 1 aromatic heterocycles. The molecular formula is C17H14ClFN4O2S2. The van der Waals surface area contributed by atoms with Gasteiger partial charge in [-0.3, -0.25) is 4.79 Å². The van der Waals surface area contributed by atoms with E-state index in [1.165, 1.54) is 35.2 Å². The van der Waals surface area contributed by atoms with E-state index < -0.39 is 5.82 Å². The number of amides is 1. The Morgan fingerprint density at radius 1 is 1.26 bits per heavy atom. The molecule has 10 heteroatoms. The molecule has 0 aliphatic carbocycles. The van der Waals surface area contributed by atoms with E-state index in [9.17, 15) is 9.18 Å². The van der Waals surface area contributed by atoms with Gasteiger partial charge in [-0.05, 0) is 42.5 Å². The SMILES string of the molecule is COc1ccc(Nc2nnc(SCC(=O)Nc3ccc(Cl)cc3F)s2)cc1. The summed E-state index contributed by atoms with van der Waals surface area (Å²) in [5, 5.41) is 14.6. The number of aromatic nitrogens is 2. The number of ether oxygens (including phenoxy) is 1. The van der Waals surface area contributed by atoms with E-state index in [4.69, 9.17) is 16.3 Å². The summed E-state index contributed by atoms with van der Waals surface area (Å²) in [6.07, 6.45) is 0. The van der Waals surface area contributed by atoms with E-state index >= 15 is 0 Å². The van der Waals surface area contributed by atoms with Gasteiger partial charge in [0.05, 0.1) is 18.6 Å². The lowest BCUT2D eigenvalue weighted by Gasteiger charge is -2.05. The molecule has 0 saturated heterocycles. The Hall–Kier alpha value is -2.36. The molecule has 0 aliphatic heterocycles. The van der Waals surface area contributed by atoms with Crippen molar-refractivity contribution in [2.45, 2.75) is 4.34 Å². The van der Waals surface area contributed by atoms with Crippen LogP contribution in [0.2, 0.25) is 5.02 Å². The van der Waals surface area contributed by atoms with Crippen LogP contribution in [-0.2, 0) is 4.79 Å². The van der Waals surface area contributed by atoms with Crippen LogP contribution in [0.1, 0.15) is 0 Å². The lowest BCUT2D eigenvalue weighted by atomic mass is 10.3. The lowest BCUT2D eigenvalue weighted by molar-refractivity contribution is -0.113. The van der Waals surface area contributed by atoms with E-state index in [1.807, 2.05) is 24.3 Å². The molecule has 0 bridgehead atoms. The van der Waals surface area contributed by atoms with Gasteiger partial charge in [0.1, 0.15) is 11.6 Å². The fourth-order valence-electron chi connectivity index (χ4n) is 2.02. The number of methoxy groups -OCH3 is 1. The first-order valence-corrected chi connectivity index (χ1v) is 9.84. The minimum absolute atomic E-state index is 0.0826. The number of nitrogens with one attached hydrogen (secondary N) is 2. The molecule has 0 radical (unpaired) electrons. The first kappa shape index (κ1) is 19.4. The van der Waals surface area contributed by atoms with Crippen molar-refractivity contribution >= 4 is 57.1 Å². The predicted molar refractivity (Wildman–Crippen MR) is 107 cm³/mol. The summed E-state index contributed by atoms with van der Waals surface area (Å²) in [7, 11) is 1.61. The number of rotatable bonds is 7. The average Bonchev–Trinajstić information content (AvgIpc) is 3.10. The first-order chi connectivity index (χ1) is 13.0. The minimum atomic E-state index is -0.581. The van der Waals surface area contributed by atoms with Crippen molar-refractivity contribution in [1.29, 1.82) is 0 Å². The maximum Gasteiger partial charge on any atom is 0.234 e. The topological polar surface area (TPSA) is 76.1 Å². The summed E-state index contributed by atoms with van der Waals surface area (Å²) in [5.74, 6) is -0.0831. The highest BCUT2D eigenvalue weighted by molar-refractivity contribution is 8.01. The molecule has 1 heterocycles. The molecular weight excluding hydrogens is 411 g/mol.